The lowest BCUT2D eigenvalue weighted by Gasteiger charge is -2.75. The number of aliphatic hydroxyl groups is 1. The van der Waals surface area contributed by atoms with Crippen molar-refractivity contribution in [1.29, 1.82) is 0 Å². The van der Waals surface area contributed by atoms with Gasteiger partial charge in [0.25, 0.3) is 0 Å². The number of carbonyl (C=O) groups excluding carboxylic acids is 1. The fraction of sp³-hybridized carbons (Fsp3) is 0.844. The van der Waals surface area contributed by atoms with Crippen LogP contribution in [0.4, 0.5) is 0 Å². The maximum absolute atomic E-state index is 12.2. The highest BCUT2D eigenvalue weighted by Gasteiger charge is 2.82. The van der Waals surface area contributed by atoms with Crippen molar-refractivity contribution in [1.82, 2.24) is 4.90 Å². The molecular weight excluding hydrogens is 650 g/mol. The molecule has 1 aromatic carbocycles. The number of likely N-dealkylation sites (tertiary alicyclic amines) is 1. The van der Waals surface area contributed by atoms with Gasteiger partial charge in [0.1, 0.15) is 11.7 Å². The smallest absolute Gasteiger partial charge is 0.165 e. The Kier molecular flexibility index (Phi) is 12.1. The van der Waals surface area contributed by atoms with Crippen molar-refractivity contribution in [2.24, 2.45) is 22.7 Å². The number of unbranched alkanes of at least 4 members (excludes halogenated alkanes) is 12. The molecular formula is C45H72NO6-. The van der Waals surface area contributed by atoms with E-state index < -0.39 is 17.2 Å². The number of phenolic OH excluding ortho intramolecular Hbond substituents is 1. The summed E-state index contributed by atoms with van der Waals surface area (Å²) in [5.41, 5.74) is 0.783. The second kappa shape index (κ2) is 15.7. The highest BCUT2D eigenvalue weighted by Crippen LogP contribution is 2.78. The Balaban J connectivity index is 0.000000222. The molecule has 1 saturated heterocycles. The van der Waals surface area contributed by atoms with Gasteiger partial charge in [-0.2, -0.15) is 0 Å². The fourth-order valence-corrected chi connectivity index (χ4v) is 11.9. The van der Waals surface area contributed by atoms with Crippen molar-refractivity contribution in [2.75, 3.05) is 20.2 Å². The van der Waals surface area contributed by atoms with Gasteiger partial charge in [0.2, 0.25) is 0 Å². The molecule has 7 nitrogen and oxygen atoms in total. The number of benzene rings is 1. The number of fused-ring (bicyclic) bond motifs is 2. The maximum Gasteiger partial charge on any atom is 0.165 e. The minimum absolute atomic E-state index is 0.0294. The largest absolute Gasteiger partial charge is 0.550 e. The molecule has 5 fully saturated rings. The predicted octanol–water partition coefficient (Wildman–Crippen LogP) is 8.63. The van der Waals surface area contributed by atoms with E-state index in [1.807, 2.05) is 20.1 Å². The van der Waals surface area contributed by atoms with Crippen molar-refractivity contribution in [3.05, 3.63) is 23.3 Å². The summed E-state index contributed by atoms with van der Waals surface area (Å²) in [6, 6.07) is 4.46. The third-order valence-corrected chi connectivity index (χ3v) is 15.3. The van der Waals surface area contributed by atoms with Gasteiger partial charge in [-0.25, -0.2) is 0 Å². The van der Waals surface area contributed by atoms with E-state index in [2.05, 4.69) is 38.7 Å². The zero-order chi connectivity index (χ0) is 37.4. The highest BCUT2D eigenvalue weighted by atomic mass is 16.6. The van der Waals surface area contributed by atoms with E-state index in [9.17, 15) is 20.1 Å². The first kappa shape index (κ1) is 39.9. The van der Waals surface area contributed by atoms with Crippen LogP contribution in [0.25, 0.3) is 0 Å². The Labute approximate surface area is 315 Å². The summed E-state index contributed by atoms with van der Waals surface area (Å²) in [4.78, 5) is 13.0. The lowest BCUT2D eigenvalue weighted by Crippen LogP contribution is -2.83. The minimum Gasteiger partial charge on any atom is -0.550 e. The van der Waals surface area contributed by atoms with Crippen LogP contribution in [0.1, 0.15) is 174 Å². The zero-order valence-corrected chi connectivity index (χ0v) is 33.7. The number of carboxylic acids is 1. The van der Waals surface area contributed by atoms with E-state index in [1.165, 1.54) is 101 Å². The van der Waals surface area contributed by atoms with Crippen molar-refractivity contribution in [3.63, 3.8) is 0 Å². The van der Waals surface area contributed by atoms with Crippen LogP contribution >= 0.6 is 0 Å². The van der Waals surface area contributed by atoms with Gasteiger partial charge in [-0.1, -0.05) is 111 Å². The molecule has 2 aliphatic heterocycles. The molecule has 7 heteroatoms. The van der Waals surface area contributed by atoms with Crippen LogP contribution in [-0.4, -0.2) is 64.6 Å². The van der Waals surface area contributed by atoms with Crippen LogP contribution in [0.5, 0.6) is 11.5 Å². The Morgan fingerprint density at radius 2 is 1.56 bits per heavy atom. The molecule has 7 aliphatic rings. The number of carbonyl (C=O) groups is 1. The first-order valence-corrected chi connectivity index (χ1v) is 21.5. The Hall–Kier alpha value is -1.83. The number of phenols is 1. The van der Waals surface area contributed by atoms with Crippen molar-refractivity contribution in [3.8, 4) is 11.5 Å². The molecule has 7 atom stereocenters. The standard InChI is InChI=1S/C29H41NO4.C16H32O2/c1-25(2,3)26(4,32)20-15-27-10-11-29(20,33-5)24-28(27)12-13-30(16-17-6-7-17)21(27)14-18-8-9-19(31)23(34-24)22(18)28;1-2-3-4-5-6-7-8-9-10-11-12-13-14-15-16(17)18/h8-9,17,20-21,24,31-32H,6-7,10-16H2,1-5H3;2-15H2,1H3,(H,17,18)/p-1/t20-,21-,24-,26+,27-,28+,29+;/m1./s1. The molecule has 0 aromatic heterocycles. The lowest BCUT2D eigenvalue weighted by molar-refractivity contribution is -0.312. The first-order valence-electron chi connectivity index (χ1n) is 21.5. The van der Waals surface area contributed by atoms with Gasteiger partial charge in [-0.15, -0.1) is 0 Å². The predicted molar refractivity (Wildman–Crippen MR) is 206 cm³/mol. The third-order valence-electron chi connectivity index (χ3n) is 15.3. The molecule has 0 amide bonds. The number of aliphatic carboxylic acids is 1. The second-order valence-electron chi connectivity index (χ2n) is 19.2. The zero-order valence-electron chi connectivity index (χ0n) is 33.7. The summed E-state index contributed by atoms with van der Waals surface area (Å²) >= 11 is 0. The Morgan fingerprint density at radius 3 is 2.12 bits per heavy atom. The third kappa shape index (κ3) is 6.95. The van der Waals surface area contributed by atoms with Crippen LogP contribution in [0.3, 0.4) is 0 Å². The topological polar surface area (TPSA) is 102 Å². The molecule has 5 aliphatic carbocycles. The van der Waals surface area contributed by atoms with Crippen LogP contribution in [0.15, 0.2) is 12.1 Å². The molecule has 294 valence electrons. The number of hydrogen-bond donors (Lipinski definition) is 2. The second-order valence-corrected chi connectivity index (χ2v) is 19.2. The average molecular weight is 723 g/mol. The van der Waals surface area contributed by atoms with E-state index in [1.54, 1.807) is 0 Å². The number of piperidine rings is 1. The molecule has 4 saturated carbocycles. The van der Waals surface area contributed by atoms with E-state index in [4.69, 9.17) is 9.47 Å². The minimum atomic E-state index is -0.909. The van der Waals surface area contributed by atoms with Crippen LogP contribution in [0.2, 0.25) is 0 Å². The highest BCUT2D eigenvalue weighted by molar-refractivity contribution is 5.64. The summed E-state index contributed by atoms with van der Waals surface area (Å²) in [5.74, 6) is 0.898. The summed E-state index contributed by atoms with van der Waals surface area (Å²) in [7, 11) is 1.83. The van der Waals surface area contributed by atoms with Gasteiger partial charge in [-0.3, -0.25) is 4.90 Å². The Morgan fingerprint density at radius 1 is 0.942 bits per heavy atom. The molecule has 0 radical (unpaired) electrons. The molecule has 1 aromatic rings. The van der Waals surface area contributed by atoms with Gasteiger partial charge in [0.05, 0.1) is 5.60 Å². The number of hydrogen-bond acceptors (Lipinski definition) is 7. The summed E-state index contributed by atoms with van der Waals surface area (Å²) in [6.45, 7) is 13.1. The molecule has 0 unspecified atom stereocenters. The number of aromatic hydroxyl groups is 1. The normalized spacial score (nSPS) is 32.4. The average Bonchev–Trinajstić information content (AvgIpc) is 3.85. The summed E-state index contributed by atoms with van der Waals surface area (Å²) < 4.78 is 13.5. The number of ether oxygens (including phenoxy) is 2. The fourth-order valence-electron chi connectivity index (χ4n) is 11.9. The van der Waals surface area contributed by atoms with E-state index in [0.717, 1.165) is 57.4 Å². The molecule has 8 rings (SSSR count). The van der Waals surface area contributed by atoms with Gasteiger partial charge in [-0.05, 0) is 94.2 Å². The van der Waals surface area contributed by atoms with Gasteiger partial charge in [0.15, 0.2) is 11.5 Å². The van der Waals surface area contributed by atoms with E-state index >= 15 is 0 Å². The van der Waals surface area contributed by atoms with Gasteiger partial charge in [0, 0.05) is 48.0 Å². The molecule has 2 heterocycles. The molecule has 52 heavy (non-hydrogen) atoms. The van der Waals surface area contributed by atoms with E-state index in [-0.39, 0.29) is 40.4 Å². The first-order chi connectivity index (χ1) is 24.8. The quantitative estimate of drug-likeness (QED) is 0.146. The maximum atomic E-state index is 12.2. The molecule has 4 bridgehead atoms. The SMILES string of the molecule is CCCCCCCCCCCCCCCC(=O)[O-].CO[C@@]12CC[C@@]3(C[C@@H]1[C@](C)(O)C(C)(C)C)[C@H]1Cc4ccc(O)c5c4[C@@]3(CCN1CC1CC1)[C@H]2O5. The van der Waals surface area contributed by atoms with Gasteiger partial charge < -0.3 is 29.6 Å². The van der Waals surface area contributed by atoms with Gasteiger partial charge >= 0.3 is 0 Å². The summed E-state index contributed by atoms with van der Waals surface area (Å²) in [5, 5.41) is 33.3. The van der Waals surface area contributed by atoms with Crippen molar-refractivity contribution < 1.29 is 29.6 Å². The lowest BCUT2D eigenvalue weighted by atomic mass is 9.33. The number of rotatable bonds is 18. The number of methoxy groups -OCH3 is 1. The summed E-state index contributed by atoms with van der Waals surface area (Å²) in [6.07, 6.45) is 24.6. The van der Waals surface area contributed by atoms with Crippen LogP contribution in [0, 0.1) is 22.7 Å². The van der Waals surface area contributed by atoms with E-state index in [0.29, 0.717) is 11.8 Å². The Bertz CT molecular complexity index is 1380. The van der Waals surface area contributed by atoms with Crippen molar-refractivity contribution in [2.45, 2.75) is 198 Å². The number of carboxylic acid groups (broad SMARTS) is 1. The van der Waals surface area contributed by atoms with Crippen molar-refractivity contribution >= 4 is 5.97 Å². The van der Waals surface area contributed by atoms with Crippen LogP contribution in [-0.2, 0) is 21.4 Å². The monoisotopic (exact) mass is 723 g/mol. The van der Waals surface area contributed by atoms with Crippen LogP contribution < -0.4 is 9.84 Å². The number of nitrogens with zero attached hydrogens (tertiary/aromatic N) is 1. The molecule has 2 N–H and O–H groups in total. The molecule has 2 spiro atoms.